The summed E-state index contributed by atoms with van der Waals surface area (Å²) in [4.78, 5) is 0. The van der Waals surface area contributed by atoms with Crippen LogP contribution in [-0.2, 0) is 13.0 Å². The molecule has 2 nitrogen and oxygen atoms in total. The molecule has 2 aromatic rings. The second-order valence-electron chi connectivity index (χ2n) is 4.82. The Kier molecular flexibility index (Phi) is 3.47. The molecule has 1 aliphatic rings. The molecule has 98 valence electrons. The Bertz CT molecular complexity index is 553. The summed E-state index contributed by atoms with van der Waals surface area (Å²) < 4.78 is 18.5. The largest absolute Gasteiger partial charge is 0.492 e. The van der Waals surface area contributed by atoms with E-state index < -0.39 is 0 Å². The number of rotatable bonds is 3. The lowest BCUT2D eigenvalue weighted by molar-refractivity contribution is 0.256. The summed E-state index contributed by atoms with van der Waals surface area (Å²) in [7, 11) is 0. The third-order valence-electron chi connectivity index (χ3n) is 3.43. The molecule has 3 rings (SSSR count). The van der Waals surface area contributed by atoms with Crippen LogP contribution in [0.3, 0.4) is 0 Å². The molecule has 1 atom stereocenters. The molecule has 1 aliphatic heterocycles. The zero-order valence-corrected chi connectivity index (χ0v) is 10.6. The van der Waals surface area contributed by atoms with Crippen molar-refractivity contribution in [2.45, 2.75) is 19.0 Å². The van der Waals surface area contributed by atoms with Gasteiger partial charge in [-0.3, -0.25) is 0 Å². The molecule has 0 aliphatic carbocycles. The van der Waals surface area contributed by atoms with Gasteiger partial charge in [0, 0.05) is 12.6 Å². The van der Waals surface area contributed by atoms with Crippen LogP contribution in [0.4, 0.5) is 4.39 Å². The zero-order valence-electron chi connectivity index (χ0n) is 10.6. The summed E-state index contributed by atoms with van der Waals surface area (Å²) in [5.74, 6) is 0.471. The van der Waals surface area contributed by atoms with Crippen molar-refractivity contribution in [3.8, 4) is 5.75 Å². The Morgan fingerprint density at radius 2 is 1.79 bits per heavy atom. The Morgan fingerprint density at radius 3 is 2.58 bits per heavy atom. The van der Waals surface area contributed by atoms with Gasteiger partial charge in [0.15, 0.2) is 0 Å². The molecule has 3 heteroatoms. The van der Waals surface area contributed by atoms with Crippen molar-refractivity contribution in [3.05, 3.63) is 65.5 Å². The van der Waals surface area contributed by atoms with Crippen LogP contribution in [0.15, 0.2) is 48.5 Å². The van der Waals surface area contributed by atoms with Crippen LogP contribution in [0.2, 0.25) is 0 Å². The van der Waals surface area contributed by atoms with Gasteiger partial charge in [-0.25, -0.2) is 4.39 Å². The molecule has 2 aromatic carbocycles. The Balaban J connectivity index is 1.59. The summed E-state index contributed by atoms with van der Waals surface area (Å²) in [5.41, 5.74) is 2.74. The van der Waals surface area contributed by atoms with Crippen LogP contribution in [0, 0.1) is 5.82 Å². The van der Waals surface area contributed by atoms with Gasteiger partial charge in [-0.1, -0.05) is 24.3 Å². The predicted molar refractivity (Wildman–Crippen MR) is 72.7 cm³/mol. The quantitative estimate of drug-likeness (QED) is 0.913. The highest BCUT2D eigenvalue weighted by molar-refractivity contribution is 5.30. The van der Waals surface area contributed by atoms with Gasteiger partial charge < -0.3 is 10.1 Å². The van der Waals surface area contributed by atoms with E-state index in [0.29, 0.717) is 18.4 Å². The fraction of sp³-hybridized carbons (Fsp3) is 0.250. The highest BCUT2D eigenvalue weighted by atomic mass is 19.1. The van der Waals surface area contributed by atoms with Crippen LogP contribution < -0.4 is 10.1 Å². The molecule has 1 N–H and O–H groups in total. The first-order valence-corrected chi connectivity index (χ1v) is 6.50. The van der Waals surface area contributed by atoms with Crippen molar-refractivity contribution >= 4 is 0 Å². The molecular weight excluding hydrogens is 241 g/mol. The molecular formula is C16H16FNO. The van der Waals surface area contributed by atoms with E-state index in [1.165, 1.54) is 23.3 Å². The summed E-state index contributed by atoms with van der Waals surface area (Å²) in [6.07, 6.45) is 0.970. The number of hydrogen-bond acceptors (Lipinski definition) is 2. The van der Waals surface area contributed by atoms with Crippen LogP contribution >= 0.6 is 0 Å². The van der Waals surface area contributed by atoms with Crippen molar-refractivity contribution in [1.29, 1.82) is 0 Å². The molecule has 0 amide bonds. The van der Waals surface area contributed by atoms with Crippen LogP contribution in [0.1, 0.15) is 11.1 Å². The summed E-state index contributed by atoms with van der Waals surface area (Å²) in [5, 5.41) is 3.46. The number of ether oxygens (including phenoxy) is 1. The molecule has 0 aromatic heterocycles. The molecule has 19 heavy (non-hydrogen) atoms. The maximum Gasteiger partial charge on any atom is 0.123 e. The van der Waals surface area contributed by atoms with Crippen molar-refractivity contribution in [2.24, 2.45) is 0 Å². The Labute approximate surface area is 112 Å². The SMILES string of the molecule is Fc1ccc(OC[C@@H]2Cc3ccccc3CN2)cc1. The minimum Gasteiger partial charge on any atom is -0.492 e. The number of fused-ring (bicyclic) bond motifs is 1. The van der Waals surface area contributed by atoms with E-state index in [1.54, 1.807) is 12.1 Å². The second-order valence-corrected chi connectivity index (χ2v) is 4.82. The molecule has 0 bridgehead atoms. The highest BCUT2D eigenvalue weighted by Crippen LogP contribution is 2.17. The van der Waals surface area contributed by atoms with Gasteiger partial charge in [-0.05, 0) is 41.8 Å². The molecule has 0 spiro atoms. The first-order valence-electron chi connectivity index (χ1n) is 6.50. The molecule has 0 unspecified atom stereocenters. The summed E-state index contributed by atoms with van der Waals surface area (Å²) in [6, 6.07) is 14.9. The molecule has 0 saturated carbocycles. The normalized spacial score (nSPS) is 17.8. The van der Waals surface area contributed by atoms with Crippen LogP contribution in [0.5, 0.6) is 5.75 Å². The second kappa shape index (κ2) is 5.41. The lowest BCUT2D eigenvalue weighted by Crippen LogP contribution is -2.39. The van der Waals surface area contributed by atoms with Gasteiger partial charge in [0.25, 0.3) is 0 Å². The average Bonchev–Trinajstić information content (AvgIpc) is 2.46. The first-order chi connectivity index (χ1) is 9.31. The lowest BCUT2D eigenvalue weighted by Gasteiger charge is -2.26. The number of nitrogens with one attached hydrogen (secondary N) is 1. The van der Waals surface area contributed by atoms with Crippen LogP contribution in [-0.4, -0.2) is 12.6 Å². The fourth-order valence-corrected chi connectivity index (χ4v) is 2.37. The van der Waals surface area contributed by atoms with Crippen molar-refractivity contribution < 1.29 is 9.13 Å². The fourth-order valence-electron chi connectivity index (χ4n) is 2.37. The first kappa shape index (κ1) is 12.2. The maximum atomic E-state index is 12.8. The van der Waals surface area contributed by atoms with E-state index >= 15 is 0 Å². The monoisotopic (exact) mass is 257 g/mol. The van der Waals surface area contributed by atoms with E-state index in [2.05, 4.69) is 29.6 Å². The highest BCUT2D eigenvalue weighted by Gasteiger charge is 2.17. The summed E-state index contributed by atoms with van der Waals surface area (Å²) in [6.45, 7) is 1.48. The zero-order chi connectivity index (χ0) is 13.1. The van der Waals surface area contributed by atoms with E-state index in [0.717, 1.165) is 13.0 Å². The number of halogens is 1. The van der Waals surface area contributed by atoms with Gasteiger partial charge in [-0.2, -0.15) is 0 Å². The average molecular weight is 257 g/mol. The minimum atomic E-state index is -0.239. The van der Waals surface area contributed by atoms with Crippen LogP contribution in [0.25, 0.3) is 0 Å². The van der Waals surface area contributed by atoms with Gasteiger partial charge >= 0.3 is 0 Å². The van der Waals surface area contributed by atoms with E-state index in [4.69, 9.17) is 4.74 Å². The minimum absolute atomic E-state index is 0.239. The van der Waals surface area contributed by atoms with Crippen molar-refractivity contribution in [3.63, 3.8) is 0 Å². The molecule has 1 heterocycles. The standard InChI is InChI=1S/C16H16FNO/c17-14-5-7-16(8-6-14)19-11-15-9-12-3-1-2-4-13(12)10-18-15/h1-8,15,18H,9-11H2/t15-/m0/s1. The molecule has 0 saturated heterocycles. The topological polar surface area (TPSA) is 21.3 Å². The third-order valence-corrected chi connectivity index (χ3v) is 3.43. The molecule has 0 radical (unpaired) electrons. The lowest BCUT2D eigenvalue weighted by atomic mass is 9.96. The van der Waals surface area contributed by atoms with E-state index in [9.17, 15) is 4.39 Å². The maximum absolute atomic E-state index is 12.8. The van der Waals surface area contributed by atoms with Crippen molar-refractivity contribution in [1.82, 2.24) is 5.32 Å². The van der Waals surface area contributed by atoms with Gasteiger partial charge in [0.2, 0.25) is 0 Å². The number of hydrogen-bond donors (Lipinski definition) is 1. The number of benzene rings is 2. The van der Waals surface area contributed by atoms with E-state index in [1.807, 2.05) is 0 Å². The predicted octanol–water partition coefficient (Wildman–Crippen LogP) is 2.92. The van der Waals surface area contributed by atoms with Gasteiger partial charge in [0.05, 0.1) is 0 Å². The third kappa shape index (κ3) is 2.93. The Morgan fingerprint density at radius 1 is 1.05 bits per heavy atom. The smallest absolute Gasteiger partial charge is 0.123 e. The van der Waals surface area contributed by atoms with Gasteiger partial charge in [-0.15, -0.1) is 0 Å². The molecule has 0 fully saturated rings. The summed E-state index contributed by atoms with van der Waals surface area (Å²) >= 11 is 0. The van der Waals surface area contributed by atoms with Gasteiger partial charge in [0.1, 0.15) is 18.2 Å². The Hall–Kier alpha value is -1.87. The van der Waals surface area contributed by atoms with E-state index in [-0.39, 0.29) is 5.82 Å². The van der Waals surface area contributed by atoms with Crippen molar-refractivity contribution in [2.75, 3.05) is 6.61 Å².